The number of rotatable bonds is 5. The lowest BCUT2D eigenvalue weighted by Crippen LogP contribution is -2.40. The van der Waals surface area contributed by atoms with Gasteiger partial charge in [-0.15, -0.1) is 11.8 Å². The molecule has 1 saturated heterocycles. The number of benzene rings is 2. The summed E-state index contributed by atoms with van der Waals surface area (Å²) in [6, 6.07) is 13.5. The lowest BCUT2D eigenvalue weighted by atomic mass is 10.1. The number of alkyl halides is 3. The van der Waals surface area contributed by atoms with E-state index in [2.05, 4.69) is 4.98 Å². The van der Waals surface area contributed by atoms with Crippen LogP contribution in [0.4, 0.5) is 13.2 Å². The van der Waals surface area contributed by atoms with Crippen LogP contribution in [0.2, 0.25) is 0 Å². The second-order valence-electron chi connectivity index (χ2n) is 7.01. The standard InChI is InChI=1S/C22H19F3N2O2S/c23-22(24,25)17-5-6-18-19(11-17)26-8-7-20(18)30-14-16-3-1-15(2-4-16)12-27-9-10-29-13-21(27)28/h1-8,11H,9-10,12-14H2. The number of hydrogen-bond acceptors (Lipinski definition) is 4. The van der Waals surface area contributed by atoms with Crippen molar-refractivity contribution in [1.82, 2.24) is 9.88 Å². The predicted molar refractivity (Wildman–Crippen MR) is 109 cm³/mol. The highest BCUT2D eigenvalue weighted by molar-refractivity contribution is 7.98. The molecular formula is C22H19F3N2O2S. The minimum atomic E-state index is -4.38. The third-order valence-electron chi connectivity index (χ3n) is 4.90. The van der Waals surface area contributed by atoms with Crippen LogP contribution in [0.5, 0.6) is 0 Å². The predicted octanol–water partition coefficient (Wildman–Crippen LogP) is 4.90. The van der Waals surface area contributed by atoms with Gasteiger partial charge < -0.3 is 9.64 Å². The van der Waals surface area contributed by atoms with Gasteiger partial charge in [-0.1, -0.05) is 30.3 Å². The molecule has 3 aromatic rings. The quantitative estimate of drug-likeness (QED) is 0.538. The number of amides is 1. The topological polar surface area (TPSA) is 42.4 Å². The minimum Gasteiger partial charge on any atom is -0.370 e. The third kappa shape index (κ3) is 4.76. The molecular weight excluding hydrogens is 413 g/mol. The van der Waals surface area contributed by atoms with Gasteiger partial charge in [0, 0.05) is 35.3 Å². The van der Waals surface area contributed by atoms with E-state index in [4.69, 9.17) is 4.74 Å². The molecule has 0 saturated carbocycles. The lowest BCUT2D eigenvalue weighted by Gasteiger charge is -2.26. The van der Waals surface area contributed by atoms with Gasteiger partial charge in [0.25, 0.3) is 0 Å². The monoisotopic (exact) mass is 432 g/mol. The van der Waals surface area contributed by atoms with Crippen molar-refractivity contribution in [3.05, 3.63) is 71.4 Å². The Morgan fingerprint density at radius 2 is 1.83 bits per heavy atom. The number of carbonyl (C=O) groups excluding carboxylic acids is 1. The molecule has 0 spiro atoms. The van der Waals surface area contributed by atoms with E-state index in [1.54, 1.807) is 16.7 Å². The number of pyridine rings is 1. The summed E-state index contributed by atoms with van der Waals surface area (Å²) in [5.74, 6) is 0.677. The maximum Gasteiger partial charge on any atom is 0.416 e. The van der Waals surface area contributed by atoms with Crippen LogP contribution < -0.4 is 0 Å². The van der Waals surface area contributed by atoms with Crippen molar-refractivity contribution in [1.29, 1.82) is 0 Å². The summed E-state index contributed by atoms with van der Waals surface area (Å²) in [7, 11) is 0. The van der Waals surface area contributed by atoms with Gasteiger partial charge >= 0.3 is 6.18 Å². The molecule has 0 aliphatic carbocycles. The molecule has 0 radical (unpaired) electrons. The van der Waals surface area contributed by atoms with Crippen molar-refractivity contribution in [2.24, 2.45) is 0 Å². The first-order valence-electron chi connectivity index (χ1n) is 9.42. The number of halogens is 3. The fourth-order valence-electron chi connectivity index (χ4n) is 3.26. The second kappa shape index (κ2) is 8.65. The molecule has 1 aliphatic heterocycles. The van der Waals surface area contributed by atoms with Gasteiger partial charge in [-0.3, -0.25) is 9.78 Å². The molecule has 0 N–H and O–H groups in total. The van der Waals surface area contributed by atoms with Crippen LogP contribution in [0.15, 0.2) is 59.6 Å². The normalized spacial score (nSPS) is 15.0. The molecule has 0 unspecified atom stereocenters. The largest absolute Gasteiger partial charge is 0.416 e. The van der Waals surface area contributed by atoms with Gasteiger partial charge in [0.2, 0.25) is 5.91 Å². The summed E-state index contributed by atoms with van der Waals surface area (Å²) in [5.41, 5.74) is 1.78. The summed E-state index contributed by atoms with van der Waals surface area (Å²) < 4.78 is 43.9. The number of hydrogen-bond donors (Lipinski definition) is 0. The molecule has 1 amide bonds. The number of ether oxygens (including phenoxy) is 1. The number of nitrogens with zero attached hydrogens (tertiary/aromatic N) is 2. The van der Waals surface area contributed by atoms with Crippen LogP contribution in [0.25, 0.3) is 10.9 Å². The van der Waals surface area contributed by atoms with Crippen LogP contribution in [0.3, 0.4) is 0 Å². The van der Waals surface area contributed by atoms with E-state index in [0.29, 0.717) is 36.4 Å². The number of fused-ring (bicyclic) bond motifs is 1. The molecule has 2 heterocycles. The first-order valence-corrected chi connectivity index (χ1v) is 10.4. The highest BCUT2D eigenvalue weighted by Gasteiger charge is 2.30. The highest BCUT2D eigenvalue weighted by Crippen LogP contribution is 2.34. The van der Waals surface area contributed by atoms with Crippen LogP contribution in [-0.4, -0.2) is 35.5 Å². The first-order chi connectivity index (χ1) is 14.4. The van der Waals surface area contributed by atoms with E-state index >= 15 is 0 Å². The van der Waals surface area contributed by atoms with Crippen LogP contribution in [0, 0.1) is 0 Å². The SMILES string of the molecule is O=C1COCCN1Cc1ccc(CSc2ccnc3cc(C(F)(F)F)ccc23)cc1. The number of aromatic nitrogens is 1. The lowest BCUT2D eigenvalue weighted by molar-refractivity contribution is -0.143. The fourth-order valence-corrected chi connectivity index (χ4v) is 4.26. The molecule has 0 bridgehead atoms. The maximum absolute atomic E-state index is 12.9. The zero-order chi connectivity index (χ0) is 21.1. The molecule has 2 aromatic carbocycles. The Balaban J connectivity index is 1.43. The van der Waals surface area contributed by atoms with Crippen molar-refractivity contribution < 1.29 is 22.7 Å². The Hall–Kier alpha value is -2.58. The Bertz CT molecular complexity index is 1050. The Morgan fingerprint density at radius 3 is 2.57 bits per heavy atom. The van der Waals surface area contributed by atoms with E-state index in [1.165, 1.54) is 12.3 Å². The Labute approximate surface area is 176 Å². The van der Waals surface area contributed by atoms with Gasteiger partial charge in [0.15, 0.2) is 0 Å². The van der Waals surface area contributed by atoms with Crippen molar-refractivity contribution in [3.8, 4) is 0 Å². The number of thioether (sulfide) groups is 1. The molecule has 156 valence electrons. The smallest absolute Gasteiger partial charge is 0.370 e. The number of carbonyl (C=O) groups is 1. The third-order valence-corrected chi connectivity index (χ3v) is 6.05. The summed E-state index contributed by atoms with van der Waals surface area (Å²) in [6.45, 7) is 1.86. The van der Waals surface area contributed by atoms with Gasteiger partial charge in [0.05, 0.1) is 17.7 Å². The molecule has 0 atom stereocenters. The van der Waals surface area contributed by atoms with E-state index in [0.717, 1.165) is 28.2 Å². The Morgan fingerprint density at radius 1 is 1.07 bits per heavy atom. The molecule has 1 fully saturated rings. The fraction of sp³-hybridized carbons (Fsp3) is 0.273. The molecule has 8 heteroatoms. The van der Waals surface area contributed by atoms with Crippen molar-refractivity contribution >= 4 is 28.6 Å². The molecule has 30 heavy (non-hydrogen) atoms. The van der Waals surface area contributed by atoms with Crippen LogP contribution in [-0.2, 0) is 28.0 Å². The minimum absolute atomic E-state index is 0.000808. The average molecular weight is 432 g/mol. The summed E-state index contributed by atoms with van der Waals surface area (Å²) >= 11 is 1.56. The highest BCUT2D eigenvalue weighted by atomic mass is 32.2. The van der Waals surface area contributed by atoms with Crippen LogP contribution in [0.1, 0.15) is 16.7 Å². The zero-order valence-electron chi connectivity index (χ0n) is 16.0. The zero-order valence-corrected chi connectivity index (χ0v) is 16.8. The Kier molecular flexibility index (Phi) is 5.97. The van der Waals surface area contributed by atoms with Gasteiger partial charge in [-0.05, 0) is 29.3 Å². The van der Waals surface area contributed by atoms with Crippen molar-refractivity contribution in [2.45, 2.75) is 23.4 Å². The molecule has 1 aromatic heterocycles. The molecule has 1 aliphatic rings. The van der Waals surface area contributed by atoms with Crippen molar-refractivity contribution in [3.63, 3.8) is 0 Å². The first kappa shape index (κ1) is 20.7. The summed E-state index contributed by atoms with van der Waals surface area (Å²) in [4.78, 5) is 18.6. The molecule has 4 rings (SSSR count). The second-order valence-corrected chi connectivity index (χ2v) is 8.03. The van der Waals surface area contributed by atoms with Gasteiger partial charge in [0.1, 0.15) is 6.61 Å². The van der Waals surface area contributed by atoms with E-state index in [1.807, 2.05) is 30.3 Å². The van der Waals surface area contributed by atoms with E-state index < -0.39 is 11.7 Å². The summed E-state index contributed by atoms with van der Waals surface area (Å²) in [5, 5.41) is 0.706. The van der Waals surface area contributed by atoms with E-state index in [9.17, 15) is 18.0 Å². The van der Waals surface area contributed by atoms with Crippen molar-refractivity contribution in [2.75, 3.05) is 19.8 Å². The van der Waals surface area contributed by atoms with Gasteiger partial charge in [-0.2, -0.15) is 13.2 Å². The average Bonchev–Trinajstić information content (AvgIpc) is 2.74. The number of morpholine rings is 1. The molecule has 4 nitrogen and oxygen atoms in total. The maximum atomic E-state index is 12.9. The summed E-state index contributed by atoms with van der Waals surface area (Å²) in [6.07, 6.45) is -2.85. The van der Waals surface area contributed by atoms with Gasteiger partial charge in [-0.25, -0.2) is 0 Å². The van der Waals surface area contributed by atoms with E-state index in [-0.39, 0.29) is 12.5 Å². The van der Waals surface area contributed by atoms with Crippen LogP contribution >= 0.6 is 11.8 Å².